The predicted molar refractivity (Wildman–Crippen MR) is 39.1 cm³/mol. The Labute approximate surface area is 47.6 Å². The second-order valence-electron chi connectivity index (χ2n) is 1.15. The Balaban J connectivity index is 0. The summed E-state index contributed by atoms with van der Waals surface area (Å²) in [5.74, 6) is 0. The van der Waals surface area contributed by atoms with Crippen molar-refractivity contribution in [2.45, 2.75) is 0 Å². The second kappa shape index (κ2) is 6.58. The average molecular weight is 142 g/mol. The minimum atomic E-state index is 0. The first-order valence-electron chi connectivity index (χ1n) is 1.66. The molecule has 0 bridgehead atoms. The Kier molecular flexibility index (Phi) is 9.91. The van der Waals surface area contributed by atoms with Gasteiger partial charge in [-0.05, 0) is 14.1 Å². The lowest BCUT2D eigenvalue weighted by molar-refractivity contribution is 0.692. The summed E-state index contributed by atoms with van der Waals surface area (Å²) in [6, 6.07) is 0. The Morgan fingerprint density at radius 2 is 2.00 bits per heavy atom. The van der Waals surface area contributed by atoms with Crippen molar-refractivity contribution in [1.29, 1.82) is 0 Å². The molecule has 0 aromatic rings. The van der Waals surface area contributed by atoms with Gasteiger partial charge in [-0.1, -0.05) is 9.03 Å². The van der Waals surface area contributed by atoms with E-state index >= 15 is 0 Å². The first-order valence-corrected chi connectivity index (χ1v) is 3.18. The average Bonchev–Trinajstić information content (AvgIpc) is 1.35. The highest BCUT2D eigenvalue weighted by molar-refractivity contribution is 7.38. The van der Waals surface area contributed by atoms with Gasteiger partial charge >= 0.3 is 0 Å². The van der Waals surface area contributed by atoms with Crippen LogP contribution in [0, 0.1) is 0 Å². The fourth-order valence-electron chi connectivity index (χ4n) is 0.141. The lowest BCUT2D eigenvalue weighted by atomic mass is 11.3. The van der Waals surface area contributed by atoms with E-state index in [4.69, 9.17) is 0 Å². The van der Waals surface area contributed by atoms with E-state index in [9.17, 15) is 0 Å². The molecule has 0 aliphatic carbocycles. The topological polar surface area (TPSA) is 47.1 Å². The second-order valence-corrected chi connectivity index (χ2v) is 3.51. The van der Waals surface area contributed by atoms with Crippen LogP contribution in [0.15, 0.2) is 4.52 Å². The third-order valence-corrected chi connectivity index (χ3v) is 1.24. The molecule has 46 valence electrons. The van der Waals surface area contributed by atoms with E-state index in [0.717, 1.165) is 0 Å². The fraction of sp³-hybridized carbons (Fsp3) is 1.00. The van der Waals surface area contributed by atoms with E-state index in [2.05, 4.69) is 4.52 Å². The minimum Gasteiger partial charge on any atom is -0.412 e. The van der Waals surface area contributed by atoms with Crippen LogP contribution in [0.2, 0.25) is 0 Å². The molecule has 2 unspecified atom stereocenters. The number of rotatable bonds is 2. The third kappa shape index (κ3) is 10.8. The Morgan fingerprint density at radius 3 is 2.00 bits per heavy atom. The summed E-state index contributed by atoms with van der Waals surface area (Å²) < 4.78 is 5.97. The van der Waals surface area contributed by atoms with Gasteiger partial charge in [0.05, 0.1) is 8.88 Å². The molecule has 5 heteroatoms. The molecular weight excluding hydrogens is 130 g/mol. The molecule has 0 fully saturated rings. The van der Waals surface area contributed by atoms with E-state index < -0.39 is 0 Å². The number of hydrogen-bond donors (Lipinski definition) is 0. The van der Waals surface area contributed by atoms with Crippen molar-refractivity contribution >= 4 is 17.9 Å². The largest absolute Gasteiger partial charge is 0.412 e. The Hall–Kier alpha value is 0.580. The van der Waals surface area contributed by atoms with Gasteiger partial charge < -0.3 is 5.48 Å². The maximum absolute atomic E-state index is 3.92. The van der Waals surface area contributed by atoms with Crippen molar-refractivity contribution in [3.05, 3.63) is 0 Å². The molecule has 0 aromatic carbocycles. The highest BCUT2D eigenvalue weighted by Crippen LogP contribution is 2.13. The normalized spacial score (nSPS) is 10.1. The van der Waals surface area contributed by atoms with Crippen LogP contribution in [0.25, 0.3) is 0 Å². The molecule has 0 heterocycles. The summed E-state index contributed by atoms with van der Waals surface area (Å²) in [7, 11) is 6.31. The molecule has 0 aliphatic rings. The van der Waals surface area contributed by atoms with Crippen molar-refractivity contribution in [2.24, 2.45) is 4.52 Å². The lowest BCUT2D eigenvalue weighted by Crippen LogP contribution is -1.92. The van der Waals surface area contributed by atoms with Crippen molar-refractivity contribution in [1.82, 2.24) is 4.67 Å². The van der Waals surface area contributed by atoms with Gasteiger partial charge in [-0.3, -0.25) is 9.19 Å². The molecule has 2 N–H and O–H groups in total. The van der Waals surface area contributed by atoms with Crippen LogP contribution < -0.4 is 0 Å². The first-order chi connectivity index (χ1) is 2.77. The first kappa shape index (κ1) is 10.5. The third-order valence-electron chi connectivity index (χ3n) is 0.271. The van der Waals surface area contributed by atoms with E-state index in [1.165, 1.54) is 0 Å². The standard InChI is InChI=1S/C2H10N2P2.H2O/c1-4(2)6-3-5;/h6H,1-2,5H3;1H2. The van der Waals surface area contributed by atoms with Gasteiger partial charge in [0, 0.05) is 0 Å². The highest BCUT2D eigenvalue weighted by atomic mass is 31.1. The van der Waals surface area contributed by atoms with Gasteiger partial charge in [-0.25, -0.2) is 0 Å². The monoisotopic (exact) mass is 142 g/mol. The SMILES string of the molecule is CN(C)PN=[PH3].O. The van der Waals surface area contributed by atoms with Crippen LogP contribution in [0.1, 0.15) is 0 Å². The van der Waals surface area contributed by atoms with Crippen LogP contribution in [0.3, 0.4) is 0 Å². The maximum Gasteiger partial charge on any atom is 0.0710 e. The lowest BCUT2D eigenvalue weighted by Gasteiger charge is -2.00. The zero-order valence-electron chi connectivity index (χ0n) is 4.60. The fourth-order valence-corrected chi connectivity index (χ4v) is 1.27. The zero-order valence-corrected chi connectivity index (χ0v) is 7.02. The van der Waals surface area contributed by atoms with Gasteiger partial charge in [0.2, 0.25) is 0 Å². The molecule has 3 nitrogen and oxygen atoms in total. The van der Waals surface area contributed by atoms with Crippen molar-refractivity contribution < 1.29 is 5.48 Å². The van der Waals surface area contributed by atoms with E-state index in [1.807, 2.05) is 18.8 Å². The summed E-state index contributed by atoms with van der Waals surface area (Å²) >= 11 is 0. The smallest absolute Gasteiger partial charge is 0.0710 e. The zero-order chi connectivity index (χ0) is 4.99. The van der Waals surface area contributed by atoms with Crippen LogP contribution in [-0.2, 0) is 0 Å². The maximum atomic E-state index is 3.92. The molecule has 0 amide bonds. The van der Waals surface area contributed by atoms with Crippen molar-refractivity contribution in [2.75, 3.05) is 14.1 Å². The molecule has 0 spiro atoms. The summed E-state index contributed by atoms with van der Waals surface area (Å²) in [4.78, 5) is 0. The summed E-state index contributed by atoms with van der Waals surface area (Å²) in [5, 5.41) is 0. The summed E-state index contributed by atoms with van der Waals surface area (Å²) in [5.41, 5.74) is 0. The molecule has 0 rings (SSSR count). The molecule has 2 atom stereocenters. The molecule has 0 radical (unpaired) electrons. The van der Waals surface area contributed by atoms with Crippen molar-refractivity contribution in [3.63, 3.8) is 0 Å². The predicted octanol–water partition coefficient (Wildman–Crippen LogP) is 0.0228. The van der Waals surface area contributed by atoms with E-state index in [1.54, 1.807) is 9.03 Å². The molecule has 0 aliphatic heterocycles. The quantitative estimate of drug-likeness (QED) is 0.501. The number of nitrogens with zero attached hydrogens (tertiary/aromatic N) is 2. The van der Waals surface area contributed by atoms with Crippen molar-refractivity contribution in [3.8, 4) is 0 Å². The summed E-state index contributed by atoms with van der Waals surface area (Å²) in [6.45, 7) is 0. The van der Waals surface area contributed by atoms with Crippen LogP contribution in [-0.4, -0.2) is 24.2 Å². The Morgan fingerprint density at radius 1 is 1.57 bits per heavy atom. The minimum absolute atomic E-state index is 0. The number of hydrogen-bond acceptors (Lipinski definition) is 2. The Bertz CT molecular complexity index is 49.0. The van der Waals surface area contributed by atoms with Gasteiger partial charge in [0.25, 0.3) is 0 Å². The van der Waals surface area contributed by atoms with Crippen LogP contribution in [0.4, 0.5) is 0 Å². The van der Waals surface area contributed by atoms with Gasteiger partial charge in [-0.15, -0.1) is 0 Å². The molecule has 0 saturated carbocycles. The van der Waals surface area contributed by atoms with Gasteiger partial charge in [0.15, 0.2) is 0 Å². The highest BCUT2D eigenvalue weighted by Gasteiger charge is 1.76. The molecule has 0 saturated heterocycles. The molecule has 7 heavy (non-hydrogen) atoms. The van der Waals surface area contributed by atoms with Gasteiger partial charge in [0.1, 0.15) is 0 Å². The molecular formula is C2H12N2OP2. The van der Waals surface area contributed by atoms with Gasteiger partial charge in [-0.2, -0.15) is 0 Å². The van der Waals surface area contributed by atoms with Crippen LogP contribution in [0.5, 0.6) is 0 Å². The molecule has 0 aromatic heterocycles. The van der Waals surface area contributed by atoms with Crippen LogP contribution >= 0.6 is 17.9 Å². The van der Waals surface area contributed by atoms with E-state index in [0.29, 0.717) is 8.88 Å². The summed E-state index contributed by atoms with van der Waals surface area (Å²) in [6.07, 6.45) is 0. The van der Waals surface area contributed by atoms with E-state index in [-0.39, 0.29) is 5.48 Å².